The molecule has 0 aliphatic heterocycles. The number of nitrogens with zero attached hydrogens (tertiary/aromatic N) is 2. The van der Waals surface area contributed by atoms with Gasteiger partial charge in [0.15, 0.2) is 0 Å². The molecule has 2 rings (SSSR count). The van der Waals surface area contributed by atoms with Crippen LogP contribution in [0, 0.1) is 0 Å². The number of alkyl halides is 1. The molecule has 0 aliphatic rings. The van der Waals surface area contributed by atoms with Crippen molar-refractivity contribution in [2.75, 3.05) is 18.0 Å². The van der Waals surface area contributed by atoms with Crippen LogP contribution >= 0.6 is 11.6 Å². The highest BCUT2D eigenvalue weighted by Gasteiger charge is 2.12. The van der Waals surface area contributed by atoms with E-state index in [1.807, 2.05) is 42.5 Å². The maximum absolute atomic E-state index is 11.9. The average Bonchev–Trinajstić information content (AvgIpc) is 2.56. The fourth-order valence-electron chi connectivity index (χ4n) is 1.72. The third kappa shape index (κ3) is 4.07. The predicted molar refractivity (Wildman–Crippen MR) is 85.2 cm³/mol. The molecule has 0 spiro atoms. The number of hydrogen-bond donors (Lipinski definition) is 0. The summed E-state index contributed by atoms with van der Waals surface area (Å²) in [7, 11) is 1.61. The van der Waals surface area contributed by atoms with E-state index in [1.165, 1.54) is 5.01 Å². The fourth-order valence-corrected chi connectivity index (χ4v) is 1.83. The van der Waals surface area contributed by atoms with Crippen molar-refractivity contribution >= 4 is 29.4 Å². The van der Waals surface area contributed by atoms with E-state index in [2.05, 4.69) is 5.10 Å². The van der Waals surface area contributed by atoms with Gasteiger partial charge in [-0.25, -0.2) is 0 Å². The van der Waals surface area contributed by atoms with Crippen molar-refractivity contribution in [2.24, 2.45) is 5.10 Å². The standard InChI is InChI=1S/C16H15ClN2O2/c1-21-15-9-7-13(8-10-15)12-18-19(16(20)11-17)14-5-3-2-4-6-14/h2-10,12H,11H2,1H3/b18-12+. The topological polar surface area (TPSA) is 41.9 Å². The Labute approximate surface area is 128 Å². The van der Waals surface area contributed by atoms with Crippen LogP contribution in [0.15, 0.2) is 59.7 Å². The molecule has 0 saturated carbocycles. The quantitative estimate of drug-likeness (QED) is 0.483. The van der Waals surface area contributed by atoms with E-state index >= 15 is 0 Å². The zero-order chi connectivity index (χ0) is 15.1. The average molecular weight is 303 g/mol. The van der Waals surface area contributed by atoms with Crippen molar-refractivity contribution in [3.8, 4) is 5.75 Å². The van der Waals surface area contributed by atoms with Gasteiger partial charge < -0.3 is 4.74 Å². The molecule has 0 aliphatic carbocycles. The van der Waals surface area contributed by atoms with Gasteiger partial charge in [0.25, 0.3) is 5.91 Å². The van der Waals surface area contributed by atoms with Gasteiger partial charge in [0.05, 0.1) is 19.0 Å². The van der Waals surface area contributed by atoms with E-state index in [0.29, 0.717) is 5.69 Å². The lowest BCUT2D eigenvalue weighted by molar-refractivity contribution is -0.116. The number of benzene rings is 2. The number of amides is 1. The molecule has 2 aromatic carbocycles. The highest BCUT2D eigenvalue weighted by atomic mass is 35.5. The van der Waals surface area contributed by atoms with Crippen LogP contribution in [-0.4, -0.2) is 25.1 Å². The highest BCUT2D eigenvalue weighted by molar-refractivity contribution is 6.29. The normalized spacial score (nSPS) is 10.6. The molecule has 4 nitrogen and oxygen atoms in total. The van der Waals surface area contributed by atoms with E-state index in [1.54, 1.807) is 25.5 Å². The van der Waals surface area contributed by atoms with Gasteiger partial charge in [0, 0.05) is 0 Å². The second-order valence-electron chi connectivity index (χ2n) is 4.19. The smallest absolute Gasteiger partial charge is 0.262 e. The SMILES string of the molecule is COc1ccc(/C=N/N(C(=O)CCl)c2ccccc2)cc1. The minimum absolute atomic E-state index is 0.130. The summed E-state index contributed by atoms with van der Waals surface area (Å²) in [5.74, 6) is 0.353. The lowest BCUT2D eigenvalue weighted by atomic mass is 10.2. The molecule has 5 heteroatoms. The molecule has 0 aromatic heterocycles. The van der Waals surface area contributed by atoms with Crippen LogP contribution in [-0.2, 0) is 4.79 Å². The van der Waals surface area contributed by atoms with E-state index in [4.69, 9.17) is 16.3 Å². The summed E-state index contributed by atoms with van der Waals surface area (Å²) in [4.78, 5) is 11.9. The largest absolute Gasteiger partial charge is 0.497 e. The van der Waals surface area contributed by atoms with Crippen LogP contribution < -0.4 is 9.75 Å². The number of carbonyl (C=O) groups excluding carboxylic acids is 1. The first-order chi connectivity index (χ1) is 10.2. The summed E-state index contributed by atoms with van der Waals surface area (Å²) >= 11 is 5.64. The molecule has 0 saturated heterocycles. The van der Waals surface area contributed by atoms with Crippen LogP contribution in [0.1, 0.15) is 5.56 Å². The van der Waals surface area contributed by atoms with Gasteiger partial charge in [-0.05, 0) is 42.0 Å². The first kappa shape index (κ1) is 15.1. The van der Waals surface area contributed by atoms with Crippen molar-refractivity contribution in [1.82, 2.24) is 0 Å². The fraction of sp³-hybridized carbons (Fsp3) is 0.125. The van der Waals surface area contributed by atoms with Crippen LogP contribution in [0.25, 0.3) is 0 Å². The van der Waals surface area contributed by atoms with Crippen molar-refractivity contribution in [3.63, 3.8) is 0 Å². The van der Waals surface area contributed by atoms with Gasteiger partial charge in [-0.15, -0.1) is 11.6 Å². The Bertz CT molecular complexity index is 612. The number of halogens is 1. The van der Waals surface area contributed by atoms with Crippen LogP contribution in [0.5, 0.6) is 5.75 Å². The maximum Gasteiger partial charge on any atom is 0.262 e. The van der Waals surface area contributed by atoms with Gasteiger partial charge in [-0.3, -0.25) is 4.79 Å². The molecule has 108 valence electrons. The van der Waals surface area contributed by atoms with Crippen molar-refractivity contribution < 1.29 is 9.53 Å². The minimum Gasteiger partial charge on any atom is -0.497 e. The van der Waals surface area contributed by atoms with Crippen molar-refractivity contribution in [2.45, 2.75) is 0 Å². The third-order valence-corrected chi connectivity index (χ3v) is 3.02. The Hall–Kier alpha value is -2.33. The molecule has 0 radical (unpaired) electrons. The molecule has 0 bridgehead atoms. The lowest BCUT2D eigenvalue weighted by Gasteiger charge is -2.15. The van der Waals surface area contributed by atoms with Gasteiger partial charge in [-0.1, -0.05) is 18.2 Å². The Balaban J connectivity index is 2.22. The number of rotatable bonds is 5. The summed E-state index contributed by atoms with van der Waals surface area (Å²) in [5, 5.41) is 5.51. The molecule has 0 unspecified atom stereocenters. The summed E-state index contributed by atoms with van der Waals surface area (Å²) in [5.41, 5.74) is 1.53. The number of hydrogen-bond acceptors (Lipinski definition) is 3. The molecule has 0 fully saturated rings. The van der Waals surface area contributed by atoms with Gasteiger partial charge >= 0.3 is 0 Å². The zero-order valence-electron chi connectivity index (χ0n) is 11.6. The maximum atomic E-state index is 11.9. The first-order valence-corrected chi connectivity index (χ1v) is 6.90. The van der Waals surface area contributed by atoms with E-state index in [0.717, 1.165) is 11.3 Å². The Kier molecular flexibility index (Phi) is 5.35. The molecular formula is C16H15ClN2O2. The van der Waals surface area contributed by atoms with Crippen LogP contribution in [0.3, 0.4) is 0 Å². The predicted octanol–water partition coefficient (Wildman–Crippen LogP) is 3.30. The third-order valence-electron chi connectivity index (χ3n) is 2.79. The molecule has 0 atom stereocenters. The Morgan fingerprint density at radius 3 is 2.43 bits per heavy atom. The zero-order valence-corrected chi connectivity index (χ0v) is 12.3. The lowest BCUT2D eigenvalue weighted by Crippen LogP contribution is -2.26. The number of anilines is 1. The first-order valence-electron chi connectivity index (χ1n) is 6.36. The second-order valence-corrected chi connectivity index (χ2v) is 4.46. The van der Waals surface area contributed by atoms with E-state index in [9.17, 15) is 4.79 Å². The van der Waals surface area contributed by atoms with E-state index < -0.39 is 0 Å². The monoisotopic (exact) mass is 302 g/mol. The number of carbonyl (C=O) groups is 1. The summed E-state index contributed by atoms with van der Waals surface area (Å²) in [6, 6.07) is 16.5. The molecule has 1 amide bonds. The molecule has 21 heavy (non-hydrogen) atoms. The van der Waals surface area contributed by atoms with Gasteiger partial charge in [0.1, 0.15) is 11.6 Å². The van der Waals surface area contributed by atoms with Crippen molar-refractivity contribution in [3.05, 3.63) is 60.2 Å². The number of methoxy groups -OCH3 is 1. The Morgan fingerprint density at radius 1 is 1.19 bits per heavy atom. The molecular weight excluding hydrogens is 288 g/mol. The van der Waals surface area contributed by atoms with Crippen molar-refractivity contribution in [1.29, 1.82) is 0 Å². The second kappa shape index (κ2) is 7.45. The van der Waals surface area contributed by atoms with Crippen LogP contribution in [0.4, 0.5) is 5.69 Å². The molecule has 0 heterocycles. The molecule has 0 N–H and O–H groups in total. The minimum atomic E-state index is -0.285. The number of para-hydroxylation sites is 1. The van der Waals surface area contributed by atoms with Gasteiger partial charge in [-0.2, -0.15) is 10.1 Å². The summed E-state index contributed by atoms with van der Waals surface area (Å²) in [6.07, 6.45) is 1.61. The number of hydrazone groups is 1. The Morgan fingerprint density at radius 2 is 1.86 bits per heavy atom. The summed E-state index contributed by atoms with van der Waals surface area (Å²) < 4.78 is 5.09. The van der Waals surface area contributed by atoms with Gasteiger partial charge in [0.2, 0.25) is 0 Å². The van der Waals surface area contributed by atoms with Crippen LogP contribution in [0.2, 0.25) is 0 Å². The van der Waals surface area contributed by atoms with E-state index in [-0.39, 0.29) is 11.8 Å². The number of ether oxygens (including phenoxy) is 1. The highest BCUT2D eigenvalue weighted by Crippen LogP contribution is 2.15. The molecule has 2 aromatic rings. The summed E-state index contributed by atoms with van der Waals surface area (Å²) in [6.45, 7) is 0.